The van der Waals surface area contributed by atoms with Crippen LogP contribution in [-0.4, -0.2) is 35.0 Å². The normalized spacial score (nSPS) is 17.8. The van der Waals surface area contributed by atoms with Gasteiger partial charge in [-0.05, 0) is 50.2 Å². The summed E-state index contributed by atoms with van der Waals surface area (Å²) in [5.74, 6) is -0.375. The first-order valence-electron chi connectivity index (χ1n) is 8.91. The van der Waals surface area contributed by atoms with Crippen LogP contribution in [0.15, 0.2) is 22.8 Å². The van der Waals surface area contributed by atoms with E-state index >= 15 is 0 Å². The summed E-state index contributed by atoms with van der Waals surface area (Å²) in [4.78, 5) is 25.4. The molecule has 0 spiro atoms. The van der Waals surface area contributed by atoms with Gasteiger partial charge in [-0.3, -0.25) is 9.59 Å². The van der Waals surface area contributed by atoms with Crippen LogP contribution < -0.4 is 0 Å². The summed E-state index contributed by atoms with van der Waals surface area (Å²) in [6.07, 6.45) is 4.80. The number of amides is 1. The second-order valence-corrected chi connectivity index (χ2v) is 7.10. The van der Waals surface area contributed by atoms with Crippen LogP contribution in [0.3, 0.4) is 0 Å². The maximum absolute atomic E-state index is 12.7. The van der Waals surface area contributed by atoms with E-state index in [1.54, 1.807) is 6.26 Å². The predicted octanol–water partition coefficient (Wildman–Crippen LogP) is 3.70. The zero-order valence-electron chi connectivity index (χ0n) is 14.9. The van der Waals surface area contributed by atoms with Gasteiger partial charge in [0, 0.05) is 30.5 Å². The Bertz CT molecular complexity index is 792. The van der Waals surface area contributed by atoms with Gasteiger partial charge in [0.1, 0.15) is 5.58 Å². The minimum Gasteiger partial charge on any atom is -0.481 e. The molecular weight excluding hydrogens is 318 g/mol. The molecule has 1 atom stereocenters. The van der Waals surface area contributed by atoms with Crippen molar-refractivity contribution in [2.24, 2.45) is 5.92 Å². The number of aryl methyl sites for hydroxylation is 2. The van der Waals surface area contributed by atoms with Gasteiger partial charge in [-0.15, -0.1) is 0 Å². The lowest BCUT2D eigenvalue weighted by molar-refractivity contribution is -0.137. The monoisotopic (exact) mass is 343 g/mol. The van der Waals surface area contributed by atoms with Gasteiger partial charge in [0.15, 0.2) is 0 Å². The number of furan rings is 1. The molecule has 2 heterocycles. The topological polar surface area (TPSA) is 70.8 Å². The predicted molar refractivity (Wildman–Crippen MR) is 95.6 cm³/mol. The van der Waals surface area contributed by atoms with Crippen molar-refractivity contribution in [1.29, 1.82) is 0 Å². The summed E-state index contributed by atoms with van der Waals surface area (Å²) in [6, 6.07) is 4.08. The van der Waals surface area contributed by atoms with Gasteiger partial charge in [-0.2, -0.15) is 0 Å². The van der Waals surface area contributed by atoms with Crippen molar-refractivity contribution in [3.8, 4) is 0 Å². The highest BCUT2D eigenvalue weighted by atomic mass is 16.4. The van der Waals surface area contributed by atoms with E-state index < -0.39 is 5.97 Å². The van der Waals surface area contributed by atoms with Crippen LogP contribution in [0.5, 0.6) is 0 Å². The summed E-state index contributed by atoms with van der Waals surface area (Å²) >= 11 is 0. The Morgan fingerprint density at radius 3 is 2.88 bits per heavy atom. The lowest BCUT2D eigenvalue weighted by Gasteiger charge is -2.32. The van der Waals surface area contributed by atoms with Crippen molar-refractivity contribution >= 4 is 22.8 Å². The van der Waals surface area contributed by atoms with Gasteiger partial charge in [0.25, 0.3) is 0 Å². The van der Waals surface area contributed by atoms with E-state index in [0.717, 1.165) is 41.5 Å². The first-order chi connectivity index (χ1) is 12.0. The fourth-order valence-corrected chi connectivity index (χ4v) is 3.65. The van der Waals surface area contributed by atoms with Crippen LogP contribution in [0.25, 0.3) is 11.0 Å². The first-order valence-corrected chi connectivity index (χ1v) is 8.91. The number of carboxylic acid groups (broad SMARTS) is 1. The molecule has 5 heteroatoms. The van der Waals surface area contributed by atoms with Gasteiger partial charge in [-0.1, -0.05) is 12.1 Å². The number of aliphatic carboxylic acids is 1. The Labute approximate surface area is 147 Å². The SMILES string of the molecule is Cc1ccc2c(CC(=O)N3CCCC(CCC(=O)O)C3)coc2c1C. The third-order valence-electron chi connectivity index (χ3n) is 5.32. The van der Waals surface area contributed by atoms with Gasteiger partial charge in [0.2, 0.25) is 5.91 Å². The second kappa shape index (κ2) is 7.30. The average Bonchev–Trinajstić information content (AvgIpc) is 3.00. The van der Waals surface area contributed by atoms with Crippen LogP contribution in [0, 0.1) is 19.8 Å². The van der Waals surface area contributed by atoms with E-state index in [0.29, 0.717) is 25.3 Å². The summed E-state index contributed by atoms with van der Waals surface area (Å²) in [5, 5.41) is 9.85. The lowest BCUT2D eigenvalue weighted by atomic mass is 9.93. The average molecular weight is 343 g/mol. The third kappa shape index (κ3) is 3.86. The molecule has 1 N–H and O–H groups in total. The molecule has 0 aliphatic carbocycles. The molecule has 5 nitrogen and oxygen atoms in total. The first kappa shape index (κ1) is 17.5. The van der Waals surface area contributed by atoms with Crippen molar-refractivity contribution in [2.75, 3.05) is 13.1 Å². The molecule has 25 heavy (non-hydrogen) atoms. The van der Waals surface area contributed by atoms with Gasteiger partial charge >= 0.3 is 5.97 Å². The van der Waals surface area contributed by atoms with Crippen LogP contribution in [-0.2, 0) is 16.0 Å². The quantitative estimate of drug-likeness (QED) is 0.899. The minimum absolute atomic E-state index is 0.0981. The Balaban J connectivity index is 1.68. The molecule has 1 unspecified atom stereocenters. The third-order valence-corrected chi connectivity index (χ3v) is 5.32. The van der Waals surface area contributed by atoms with E-state index in [1.165, 1.54) is 5.56 Å². The molecule has 2 aromatic rings. The van der Waals surface area contributed by atoms with Gasteiger partial charge in [0.05, 0.1) is 12.7 Å². The van der Waals surface area contributed by atoms with Crippen molar-refractivity contribution in [3.05, 3.63) is 35.1 Å². The smallest absolute Gasteiger partial charge is 0.303 e. The largest absolute Gasteiger partial charge is 0.481 e. The minimum atomic E-state index is -0.765. The molecule has 1 amide bonds. The number of benzene rings is 1. The molecule has 1 aliphatic rings. The molecule has 1 saturated heterocycles. The number of hydrogen-bond acceptors (Lipinski definition) is 3. The number of hydrogen-bond donors (Lipinski definition) is 1. The standard InChI is InChI=1S/C20H25NO4/c1-13-5-7-17-16(12-25-20(17)14(13)2)10-18(22)21-9-3-4-15(11-21)6-8-19(23)24/h5,7,12,15H,3-4,6,8-11H2,1-2H3,(H,23,24). The molecular formula is C20H25NO4. The summed E-state index contributed by atoms with van der Waals surface area (Å²) < 4.78 is 5.70. The molecule has 3 rings (SSSR count). The molecule has 1 aromatic heterocycles. The summed E-state index contributed by atoms with van der Waals surface area (Å²) in [5.41, 5.74) is 4.08. The number of carboxylic acids is 1. The molecule has 0 bridgehead atoms. The van der Waals surface area contributed by atoms with Crippen molar-refractivity contribution in [1.82, 2.24) is 4.90 Å². The molecule has 0 radical (unpaired) electrons. The van der Waals surface area contributed by atoms with Crippen molar-refractivity contribution < 1.29 is 19.1 Å². The maximum atomic E-state index is 12.7. The number of likely N-dealkylation sites (tertiary alicyclic amines) is 1. The van der Waals surface area contributed by atoms with Crippen LogP contribution in [0.1, 0.15) is 42.4 Å². The van der Waals surface area contributed by atoms with E-state index in [-0.39, 0.29) is 12.3 Å². The number of nitrogens with zero attached hydrogens (tertiary/aromatic N) is 1. The zero-order chi connectivity index (χ0) is 18.0. The van der Waals surface area contributed by atoms with E-state index in [1.807, 2.05) is 24.8 Å². The number of piperidine rings is 1. The summed E-state index contributed by atoms with van der Waals surface area (Å²) in [7, 11) is 0. The second-order valence-electron chi connectivity index (χ2n) is 7.10. The number of fused-ring (bicyclic) bond motifs is 1. The van der Waals surface area contributed by atoms with Crippen molar-refractivity contribution in [3.63, 3.8) is 0 Å². The zero-order valence-corrected chi connectivity index (χ0v) is 14.9. The van der Waals surface area contributed by atoms with E-state index in [2.05, 4.69) is 6.07 Å². The Morgan fingerprint density at radius 2 is 2.12 bits per heavy atom. The maximum Gasteiger partial charge on any atom is 0.303 e. The highest BCUT2D eigenvalue weighted by Crippen LogP contribution is 2.28. The molecule has 134 valence electrons. The fourth-order valence-electron chi connectivity index (χ4n) is 3.65. The Morgan fingerprint density at radius 1 is 1.32 bits per heavy atom. The lowest BCUT2D eigenvalue weighted by Crippen LogP contribution is -2.40. The van der Waals surface area contributed by atoms with Crippen LogP contribution >= 0.6 is 0 Å². The fraction of sp³-hybridized carbons (Fsp3) is 0.500. The van der Waals surface area contributed by atoms with Gasteiger partial charge in [-0.25, -0.2) is 0 Å². The van der Waals surface area contributed by atoms with Crippen molar-refractivity contribution in [2.45, 2.75) is 46.0 Å². The molecule has 1 aromatic carbocycles. The molecule has 1 fully saturated rings. The molecule has 0 saturated carbocycles. The Hall–Kier alpha value is -2.30. The number of carbonyl (C=O) groups is 2. The van der Waals surface area contributed by atoms with E-state index in [4.69, 9.17) is 9.52 Å². The number of rotatable bonds is 5. The Kier molecular flexibility index (Phi) is 5.11. The van der Waals surface area contributed by atoms with Gasteiger partial charge < -0.3 is 14.4 Å². The van der Waals surface area contributed by atoms with Crippen LogP contribution in [0.2, 0.25) is 0 Å². The van der Waals surface area contributed by atoms with Crippen LogP contribution in [0.4, 0.5) is 0 Å². The number of carbonyl (C=O) groups excluding carboxylic acids is 1. The highest BCUT2D eigenvalue weighted by molar-refractivity contribution is 5.89. The summed E-state index contributed by atoms with van der Waals surface area (Å²) in [6.45, 7) is 5.51. The van der Waals surface area contributed by atoms with E-state index in [9.17, 15) is 9.59 Å². The molecule has 1 aliphatic heterocycles. The highest BCUT2D eigenvalue weighted by Gasteiger charge is 2.25.